The maximum absolute atomic E-state index is 4.67. The Labute approximate surface area is 129 Å². The molecule has 1 aromatic carbocycles. The van der Waals surface area contributed by atoms with Crippen LogP contribution in [0.3, 0.4) is 0 Å². The predicted octanol–water partition coefficient (Wildman–Crippen LogP) is 2.31. The van der Waals surface area contributed by atoms with Gasteiger partial charge in [-0.3, -0.25) is 0 Å². The topological polar surface area (TPSA) is 39.7 Å². The largest absolute Gasteiger partial charge is 0.357 e. The van der Waals surface area contributed by atoms with E-state index in [4.69, 9.17) is 0 Å². The minimum Gasteiger partial charge on any atom is -0.357 e. The Morgan fingerprint density at radius 2 is 1.95 bits per heavy atom. The van der Waals surface area contributed by atoms with Crippen LogP contribution < -0.4 is 10.6 Å². The Morgan fingerprint density at radius 3 is 2.57 bits per heavy atom. The van der Waals surface area contributed by atoms with Gasteiger partial charge in [0, 0.05) is 19.6 Å². The highest BCUT2D eigenvalue weighted by Gasteiger charge is 2.01. The van der Waals surface area contributed by atoms with E-state index in [-0.39, 0.29) is 0 Å². The number of aryl methyl sites for hydroxylation is 2. The van der Waals surface area contributed by atoms with E-state index >= 15 is 0 Å². The van der Waals surface area contributed by atoms with Crippen LogP contribution in [0.2, 0.25) is 0 Å². The van der Waals surface area contributed by atoms with Gasteiger partial charge in [0.15, 0.2) is 5.96 Å². The van der Waals surface area contributed by atoms with Crippen LogP contribution in [-0.2, 0) is 6.54 Å². The molecule has 0 spiro atoms. The van der Waals surface area contributed by atoms with E-state index in [2.05, 4.69) is 73.5 Å². The number of hydrogen-bond donors (Lipinski definition) is 2. The normalized spacial score (nSPS) is 11.8. The monoisotopic (exact) mass is 290 g/mol. The number of benzene rings is 1. The Bertz CT molecular complexity index is 454. The van der Waals surface area contributed by atoms with Crippen molar-refractivity contribution in [2.45, 2.75) is 34.2 Å². The summed E-state index contributed by atoms with van der Waals surface area (Å²) in [7, 11) is 2.13. The molecular formula is C17H30N4. The molecule has 0 unspecified atom stereocenters. The minimum atomic E-state index is 0.713. The number of nitrogens with zero attached hydrogens (tertiary/aromatic N) is 2. The molecule has 0 atom stereocenters. The van der Waals surface area contributed by atoms with Gasteiger partial charge in [0.1, 0.15) is 0 Å². The molecule has 118 valence electrons. The third kappa shape index (κ3) is 6.63. The van der Waals surface area contributed by atoms with E-state index in [9.17, 15) is 0 Å². The molecule has 1 aromatic rings. The van der Waals surface area contributed by atoms with Crippen molar-refractivity contribution in [3.8, 4) is 0 Å². The summed E-state index contributed by atoms with van der Waals surface area (Å²) in [6.07, 6.45) is 0. The molecule has 1 rings (SSSR count). The number of aliphatic imine (C=N–C) groups is 1. The highest BCUT2D eigenvalue weighted by molar-refractivity contribution is 5.79. The standard InChI is InChI=1S/C17H30N4/c1-6-18-17(19-10-11-21(5)7-2)20-13-16-9-8-14(3)12-15(16)4/h8-9,12H,6-7,10-11,13H2,1-5H3,(H2,18,19,20). The van der Waals surface area contributed by atoms with Crippen LogP contribution in [-0.4, -0.2) is 44.1 Å². The third-order valence-corrected chi connectivity index (χ3v) is 3.58. The maximum Gasteiger partial charge on any atom is 0.191 e. The van der Waals surface area contributed by atoms with Gasteiger partial charge in [-0.2, -0.15) is 0 Å². The average molecular weight is 290 g/mol. The zero-order valence-corrected chi connectivity index (χ0v) is 14.2. The summed E-state index contributed by atoms with van der Waals surface area (Å²) in [5, 5.41) is 6.68. The molecule has 0 aliphatic heterocycles. The second kappa shape index (κ2) is 9.40. The zero-order chi connectivity index (χ0) is 15.7. The van der Waals surface area contributed by atoms with E-state index in [1.165, 1.54) is 16.7 Å². The maximum atomic E-state index is 4.67. The van der Waals surface area contributed by atoms with Gasteiger partial charge in [-0.15, -0.1) is 0 Å². The van der Waals surface area contributed by atoms with Gasteiger partial charge < -0.3 is 15.5 Å². The fourth-order valence-corrected chi connectivity index (χ4v) is 2.05. The molecule has 0 aliphatic carbocycles. The van der Waals surface area contributed by atoms with Crippen LogP contribution in [0.25, 0.3) is 0 Å². The van der Waals surface area contributed by atoms with Crippen LogP contribution in [0.15, 0.2) is 23.2 Å². The lowest BCUT2D eigenvalue weighted by atomic mass is 10.1. The summed E-state index contributed by atoms with van der Waals surface area (Å²) in [4.78, 5) is 6.95. The van der Waals surface area contributed by atoms with Crippen LogP contribution in [0.5, 0.6) is 0 Å². The van der Waals surface area contributed by atoms with Crippen molar-refractivity contribution >= 4 is 5.96 Å². The molecule has 0 saturated carbocycles. The van der Waals surface area contributed by atoms with Gasteiger partial charge >= 0.3 is 0 Å². The molecule has 21 heavy (non-hydrogen) atoms. The lowest BCUT2D eigenvalue weighted by Gasteiger charge is -2.16. The summed E-state index contributed by atoms with van der Waals surface area (Å²) < 4.78 is 0. The third-order valence-electron chi connectivity index (χ3n) is 3.58. The van der Waals surface area contributed by atoms with Gasteiger partial charge in [0.05, 0.1) is 6.54 Å². The molecule has 0 aliphatic rings. The fourth-order valence-electron chi connectivity index (χ4n) is 2.05. The molecule has 0 fully saturated rings. The summed E-state index contributed by atoms with van der Waals surface area (Å²) >= 11 is 0. The first kappa shape index (κ1) is 17.5. The molecule has 0 saturated heterocycles. The fraction of sp³-hybridized carbons (Fsp3) is 0.588. The minimum absolute atomic E-state index is 0.713. The van der Waals surface area contributed by atoms with Crippen molar-refractivity contribution in [3.05, 3.63) is 34.9 Å². The van der Waals surface area contributed by atoms with Crippen molar-refractivity contribution < 1.29 is 0 Å². The van der Waals surface area contributed by atoms with Crippen molar-refractivity contribution in [2.75, 3.05) is 33.2 Å². The van der Waals surface area contributed by atoms with E-state index in [1.54, 1.807) is 0 Å². The van der Waals surface area contributed by atoms with E-state index < -0.39 is 0 Å². The van der Waals surface area contributed by atoms with E-state index in [1.807, 2.05) is 0 Å². The molecule has 0 heterocycles. The second-order valence-corrected chi connectivity index (χ2v) is 5.45. The quantitative estimate of drug-likeness (QED) is 0.598. The Kier molecular flexibility index (Phi) is 7.83. The molecule has 2 N–H and O–H groups in total. The Morgan fingerprint density at radius 1 is 1.19 bits per heavy atom. The van der Waals surface area contributed by atoms with Gasteiger partial charge in [0.25, 0.3) is 0 Å². The second-order valence-electron chi connectivity index (χ2n) is 5.45. The van der Waals surface area contributed by atoms with Gasteiger partial charge in [-0.05, 0) is 45.5 Å². The Balaban J connectivity index is 2.58. The van der Waals surface area contributed by atoms with Gasteiger partial charge in [-0.1, -0.05) is 30.7 Å². The first-order valence-corrected chi connectivity index (χ1v) is 7.83. The highest BCUT2D eigenvalue weighted by Crippen LogP contribution is 2.11. The Hall–Kier alpha value is -1.55. The molecule has 0 amide bonds. The predicted molar refractivity (Wildman–Crippen MR) is 91.9 cm³/mol. The van der Waals surface area contributed by atoms with Crippen molar-refractivity contribution in [1.82, 2.24) is 15.5 Å². The number of hydrogen-bond acceptors (Lipinski definition) is 2. The van der Waals surface area contributed by atoms with E-state index in [0.717, 1.165) is 32.1 Å². The highest BCUT2D eigenvalue weighted by atomic mass is 15.2. The zero-order valence-electron chi connectivity index (χ0n) is 14.2. The smallest absolute Gasteiger partial charge is 0.191 e. The van der Waals surface area contributed by atoms with Gasteiger partial charge in [-0.25, -0.2) is 4.99 Å². The SMILES string of the molecule is CCNC(=NCc1ccc(C)cc1C)NCCN(C)CC. The van der Waals surface area contributed by atoms with Crippen molar-refractivity contribution in [2.24, 2.45) is 4.99 Å². The van der Waals surface area contributed by atoms with Crippen LogP contribution in [0.4, 0.5) is 0 Å². The van der Waals surface area contributed by atoms with Crippen LogP contribution in [0.1, 0.15) is 30.5 Å². The summed E-state index contributed by atoms with van der Waals surface area (Å²) in [5.74, 6) is 0.891. The molecule has 0 bridgehead atoms. The van der Waals surface area contributed by atoms with E-state index in [0.29, 0.717) is 6.54 Å². The lowest BCUT2D eigenvalue weighted by Crippen LogP contribution is -2.40. The molecular weight excluding hydrogens is 260 g/mol. The van der Waals surface area contributed by atoms with Crippen LogP contribution >= 0.6 is 0 Å². The lowest BCUT2D eigenvalue weighted by molar-refractivity contribution is 0.357. The summed E-state index contributed by atoms with van der Waals surface area (Å²) in [6, 6.07) is 6.53. The van der Waals surface area contributed by atoms with Gasteiger partial charge in [0.2, 0.25) is 0 Å². The number of guanidine groups is 1. The summed E-state index contributed by atoms with van der Waals surface area (Å²) in [6.45, 7) is 13.1. The number of likely N-dealkylation sites (N-methyl/N-ethyl adjacent to an activating group) is 1. The molecule has 0 aromatic heterocycles. The first-order chi connectivity index (χ1) is 10.1. The van der Waals surface area contributed by atoms with Crippen LogP contribution in [0, 0.1) is 13.8 Å². The summed E-state index contributed by atoms with van der Waals surface area (Å²) in [5.41, 5.74) is 3.89. The molecule has 0 radical (unpaired) electrons. The average Bonchev–Trinajstić information content (AvgIpc) is 2.45. The first-order valence-electron chi connectivity index (χ1n) is 7.83. The number of rotatable bonds is 7. The molecule has 4 nitrogen and oxygen atoms in total. The number of nitrogens with one attached hydrogen (secondary N) is 2. The van der Waals surface area contributed by atoms with Crippen molar-refractivity contribution in [1.29, 1.82) is 0 Å². The molecule has 4 heteroatoms. The van der Waals surface area contributed by atoms with Crippen molar-refractivity contribution in [3.63, 3.8) is 0 Å².